The molecule has 1 aliphatic heterocycles. The van der Waals surface area contributed by atoms with E-state index < -0.39 is 0 Å². The van der Waals surface area contributed by atoms with Crippen LogP contribution >= 0.6 is 0 Å². The van der Waals surface area contributed by atoms with Crippen molar-refractivity contribution in [3.05, 3.63) is 205 Å². The third-order valence-corrected chi connectivity index (χ3v) is 10.9. The van der Waals surface area contributed by atoms with Gasteiger partial charge >= 0.3 is 0 Å². The Kier molecular flexibility index (Phi) is 7.20. The van der Waals surface area contributed by atoms with E-state index in [1.165, 1.54) is 38.2 Å². The minimum Gasteiger partial charge on any atom is -0.456 e. The Balaban J connectivity index is 0.975. The smallest absolute Gasteiger partial charge is 0.159 e. The van der Waals surface area contributed by atoms with E-state index in [9.17, 15) is 0 Å². The second kappa shape index (κ2) is 12.7. The third kappa shape index (κ3) is 5.46. The van der Waals surface area contributed by atoms with Gasteiger partial charge in [-0.2, -0.15) is 0 Å². The molecule has 11 rings (SSSR count). The second-order valence-corrected chi connectivity index (χ2v) is 14.2. The molecule has 0 saturated heterocycles. The SMILES string of the molecule is c1ccc2cc(C3=NC(c4ccc5cc(-c6cccc7oc8ccccc8c67)ccc5c4)NC(c4ccc(-c5cccc6ccccc56)cc4)=N3)ccc2c1. The van der Waals surface area contributed by atoms with Crippen molar-refractivity contribution in [3.63, 3.8) is 0 Å². The summed E-state index contributed by atoms with van der Waals surface area (Å²) < 4.78 is 6.20. The van der Waals surface area contributed by atoms with E-state index in [1.807, 2.05) is 18.2 Å². The van der Waals surface area contributed by atoms with Crippen molar-refractivity contribution in [1.82, 2.24) is 5.32 Å². The van der Waals surface area contributed by atoms with Crippen LogP contribution in [-0.4, -0.2) is 11.7 Å². The molecule has 0 saturated carbocycles. The molecule has 1 aromatic heterocycles. The first-order valence-electron chi connectivity index (χ1n) is 18.7. The van der Waals surface area contributed by atoms with Crippen LogP contribution in [0.5, 0.6) is 0 Å². The van der Waals surface area contributed by atoms with Gasteiger partial charge in [-0.1, -0.05) is 158 Å². The average molecular weight is 704 g/mol. The number of nitrogens with zero attached hydrogens (tertiary/aromatic N) is 2. The molecule has 0 aliphatic carbocycles. The van der Waals surface area contributed by atoms with E-state index in [0.717, 1.165) is 60.8 Å². The van der Waals surface area contributed by atoms with Crippen LogP contribution in [0.2, 0.25) is 0 Å². The molecule has 4 heteroatoms. The summed E-state index contributed by atoms with van der Waals surface area (Å²) in [4.78, 5) is 10.4. The van der Waals surface area contributed by atoms with Gasteiger partial charge in [-0.15, -0.1) is 0 Å². The Morgan fingerprint density at radius 1 is 0.418 bits per heavy atom. The fraction of sp³-hybridized carbons (Fsp3) is 0.0196. The molecule has 0 amide bonds. The van der Waals surface area contributed by atoms with Gasteiger partial charge in [-0.3, -0.25) is 0 Å². The summed E-state index contributed by atoms with van der Waals surface area (Å²) >= 11 is 0. The van der Waals surface area contributed by atoms with Crippen molar-refractivity contribution in [2.75, 3.05) is 0 Å². The monoisotopic (exact) mass is 703 g/mol. The van der Waals surface area contributed by atoms with Gasteiger partial charge in [0.1, 0.15) is 23.2 Å². The summed E-state index contributed by atoms with van der Waals surface area (Å²) in [6, 6.07) is 66.5. The van der Waals surface area contributed by atoms with E-state index >= 15 is 0 Å². The Morgan fingerprint density at radius 2 is 1.02 bits per heavy atom. The molecule has 0 fully saturated rings. The van der Waals surface area contributed by atoms with Gasteiger partial charge in [0.25, 0.3) is 0 Å². The quantitative estimate of drug-likeness (QED) is 0.194. The molecule has 1 aliphatic rings. The summed E-state index contributed by atoms with van der Waals surface area (Å²) in [5.41, 5.74) is 9.58. The van der Waals surface area contributed by atoms with Gasteiger partial charge in [0, 0.05) is 21.9 Å². The molecular weight excluding hydrogens is 671 g/mol. The topological polar surface area (TPSA) is 49.9 Å². The molecule has 1 unspecified atom stereocenters. The van der Waals surface area contributed by atoms with Crippen molar-refractivity contribution in [2.24, 2.45) is 9.98 Å². The number of furan rings is 1. The first kappa shape index (κ1) is 31.2. The zero-order valence-corrected chi connectivity index (χ0v) is 29.8. The zero-order valence-electron chi connectivity index (χ0n) is 29.8. The maximum absolute atomic E-state index is 6.20. The van der Waals surface area contributed by atoms with Crippen molar-refractivity contribution < 1.29 is 4.42 Å². The molecule has 4 nitrogen and oxygen atoms in total. The highest BCUT2D eigenvalue weighted by molar-refractivity contribution is 6.15. The van der Waals surface area contributed by atoms with Gasteiger partial charge in [0.2, 0.25) is 0 Å². The highest BCUT2D eigenvalue weighted by atomic mass is 16.3. The predicted octanol–water partition coefficient (Wildman–Crippen LogP) is 12.9. The predicted molar refractivity (Wildman–Crippen MR) is 229 cm³/mol. The number of rotatable bonds is 5. The molecule has 0 radical (unpaired) electrons. The van der Waals surface area contributed by atoms with Crippen LogP contribution in [0.4, 0.5) is 0 Å². The number of para-hydroxylation sites is 1. The van der Waals surface area contributed by atoms with Gasteiger partial charge in [0.05, 0.1) is 0 Å². The zero-order chi connectivity index (χ0) is 36.3. The lowest BCUT2D eigenvalue weighted by Gasteiger charge is -2.24. The third-order valence-electron chi connectivity index (χ3n) is 10.9. The van der Waals surface area contributed by atoms with Crippen molar-refractivity contribution in [2.45, 2.75) is 6.17 Å². The molecule has 10 aromatic rings. The fourth-order valence-corrected chi connectivity index (χ4v) is 8.13. The van der Waals surface area contributed by atoms with Crippen LogP contribution in [0.3, 0.4) is 0 Å². The number of nitrogens with one attached hydrogen (secondary N) is 1. The average Bonchev–Trinajstić information content (AvgIpc) is 3.65. The summed E-state index contributed by atoms with van der Waals surface area (Å²) in [6.45, 7) is 0. The summed E-state index contributed by atoms with van der Waals surface area (Å²) in [5.74, 6) is 1.50. The van der Waals surface area contributed by atoms with Crippen LogP contribution in [0.25, 0.3) is 76.5 Å². The van der Waals surface area contributed by atoms with Gasteiger partial charge in [-0.05, 0) is 90.5 Å². The number of aliphatic imine (C=N–C) groups is 2. The fourth-order valence-electron chi connectivity index (χ4n) is 8.13. The number of fused-ring (bicyclic) bond motifs is 6. The van der Waals surface area contributed by atoms with E-state index in [4.69, 9.17) is 14.4 Å². The molecule has 9 aromatic carbocycles. The van der Waals surface area contributed by atoms with Crippen LogP contribution in [0, 0.1) is 0 Å². The minimum absolute atomic E-state index is 0.332. The van der Waals surface area contributed by atoms with Crippen LogP contribution in [-0.2, 0) is 0 Å². The molecular formula is C51H33N3O. The number of benzene rings is 9. The van der Waals surface area contributed by atoms with Gasteiger partial charge in [0.15, 0.2) is 5.84 Å². The van der Waals surface area contributed by atoms with E-state index in [2.05, 4.69) is 175 Å². The first-order chi connectivity index (χ1) is 27.2. The molecule has 0 spiro atoms. The first-order valence-corrected chi connectivity index (χ1v) is 18.7. The van der Waals surface area contributed by atoms with Crippen molar-refractivity contribution in [1.29, 1.82) is 0 Å². The minimum atomic E-state index is -0.332. The standard InChI is InChI=1S/C51H33N3O/c1-2-11-36-30-40(27-19-32(36)9-1)50-52-49(35-22-20-34(21-23-35)43-15-7-12-33-10-3-4-13-42(33)43)53-51(54-50)41-28-25-37-29-39(26-24-38(37)31-41)44-16-8-18-47-48(44)45-14-5-6-17-46(45)55-47/h1-31,51H,(H,52,53,54). The highest BCUT2D eigenvalue weighted by Crippen LogP contribution is 2.38. The van der Waals surface area contributed by atoms with Crippen molar-refractivity contribution in [3.8, 4) is 22.3 Å². The summed E-state index contributed by atoms with van der Waals surface area (Å²) in [7, 11) is 0. The normalized spacial score (nSPS) is 14.4. The van der Waals surface area contributed by atoms with E-state index in [0.29, 0.717) is 5.84 Å². The van der Waals surface area contributed by atoms with Crippen LogP contribution in [0.15, 0.2) is 202 Å². The Labute approximate surface area is 317 Å². The van der Waals surface area contributed by atoms with Crippen molar-refractivity contribution >= 4 is 65.9 Å². The maximum atomic E-state index is 6.20. The number of hydrogen-bond acceptors (Lipinski definition) is 4. The van der Waals surface area contributed by atoms with Crippen LogP contribution in [0.1, 0.15) is 22.9 Å². The molecule has 55 heavy (non-hydrogen) atoms. The lowest BCUT2D eigenvalue weighted by molar-refractivity contribution is 0.669. The molecule has 258 valence electrons. The molecule has 1 N–H and O–H groups in total. The molecule has 0 bridgehead atoms. The van der Waals surface area contributed by atoms with E-state index in [1.54, 1.807) is 0 Å². The largest absolute Gasteiger partial charge is 0.456 e. The maximum Gasteiger partial charge on any atom is 0.159 e. The Bertz CT molecular complexity index is 3180. The summed E-state index contributed by atoms with van der Waals surface area (Å²) in [6.07, 6.45) is -0.332. The highest BCUT2D eigenvalue weighted by Gasteiger charge is 2.22. The second-order valence-electron chi connectivity index (χ2n) is 14.2. The van der Waals surface area contributed by atoms with Gasteiger partial charge < -0.3 is 9.73 Å². The summed E-state index contributed by atoms with van der Waals surface area (Å²) in [5, 5.41) is 13.1. The lowest BCUT2D eigenvalue weighted by Crippen LogP contribution is -2.33. The Hall–Kier alpha value is -7.30. The van der Waals surface area contributed by atoms with Gasteiger partial charge in [-0.25, -0.2) is 9.98 Å². The van der Waals surface area contributed by atoms with E-state index in [-0.39, 0.29) is 6.17 Å². The molecule has 1 atom stereocenters. The molecule has 2 heterocycles. The lowest BCUT2D eigenvalue weighted by atomic mass is 9.96. The van der Waals surface area contributed by atoms with Crippen LogP contribution < -0.4 is 5.32 Å². The number of amidine groups is 2. The number of hydrogen-bond donors (Lipinski definition) is 1. The Morgan fingerprint density at radius 3 is 1.93 bits per heavy atom.